The summed E-state index contributed by atoms with van der Waals surface area (Å²) < 4.78 is 18.4. The van der Waals surface area contributed by atoms with E-state index in [1.807, 2.05) is 13.0 Å². The number of rotatable bonds is 13. The van der Waals surface area contributed by atoms with Gasteiger partial charge in [0.25, 0.3) is 0 Å². The third-order valence-corrected chi connectivity index (χ3v) is 6.32. The molecule has 6 heteroatoms. The summed E-state index contributed by atoms with van der Waals surface area (Å²) in [5, 5.41) is 19.4. The molecule has 1 aliphatic rings. The number of benzene rings is 2. The molecule has 0 amide bonds. The van der Waals surface area contributed by atoms with Gasteiger partial charge in [-0.15, -0.1) is 0 Å². The van der Waals surface area contributed by atoms with Crippen molar-refractivity contribution >= 4 is 5.78 Å². The van der Waals surface area contributed by atoms with Gasteiger partial charge in [0.2, 0.25) is 0 Å². The van der Waals surface area contributed by atoms with Gasteiger partial charge < -0.3 is 19.3 Å². The van der Waals surface area contributed by atoms with Crippen LogP contribution < -0.4 is 14.2 Å². The Balaban J connectivity index is 1.62. The van der Waals surface area contributed by atoms with Crippen LogP contribution in [0.1, 0.15) is 86.3 Å². The van der Waals surface area contributed by atoms with Crippen LogP contribution in [-0.2, 0) is 19.3 Å². The molecular weight excluding hydrogens is 442 g/mol. The van der Waals surface area contributed by atoms with Crippen molar-refractivity contribution in [1.29, 1.82) is 5.26 Å². The second kappa shape index (κ2) is 13.0. The summed E-state index contributed by atoms with van der Waals surface area (Å²) in [5.74, 6) is 2.28. The highest BCUT2D eigenvalue weighted by Gasteiger charge is 2.24. The molecule has 0 aliphatic carbocycles. The second-order valence-electron chi connectivity index (χ2n) is 9.05. The molecular formula is C29H37NO5. The first-order valence-corrected chi connectivity index (χ1v) is 12.8. The van der Waals surface area contributed by atoms with Gasteiger partial charge in [-0.1, -0.05) is 32.8 Å². The molecule has 2 aromatic carbocycles. The Morgan fingerprint density at radius 2 is 1.74 bits per heavy atom. The number of ketones is 1. The van der Waals surface area contributed by atoms with Gasteiger partial charge >= 0.3 is 0 Å². The minimum absolute atomic E-state index is 0.0273. The smallest absolute Gasteiger partial charge is 0.163 e. The van der Waals surface area contributed by atoms with E-state index in [-0.39, 0.29) is 17.6 Å². The first kappa shape index (κ1) is 26.4. The van der Waals surface area contributed by atoms with Crippen LogP contribution in [0.2, 0.25) is 0 Å². The normalized spacial score (nSPS) is 14.5. The molecule has 2 aromatic rings. The first-order valence-electron chi connectivity index (χ1n) is 12.8. The number of aromatic hydroxyl groups is 1. The Kier molecular flexibility index (Phi) is 9.84. The topological polar surface area (TPSA) is 88.8 Å². The molecule has 3 rings (SSSR count). The van der Waals surface area contributed by atoms with Gasteiger partial charge in [0.1, 0.15) is 29.1 Å². The largest absolute Gasteiger partial charge is 0.507 e. The quantitative estimate of drug-likeness (QED) is 0.266. The Morgan fingerprint density at radius 1 is 1.09 bits per heavy atom. The van der Waals surface area contributed by atoms with Gasteiger partial charge in [-0.3, -0.25) is 4.79 Å². The number of fused-ring (bicyclic) bond motifs is 1. The van der Waals surface area contributed by atoms with Crippen LogP contribution in [0, 0.1) is 11.3 Å². The van der Waals surface area contributed by atoms with Crippen molar-refractivity contribution in [3.63, 3.8) is 0 Å². The Morgan fingerprint density at radius 3 is 2.40 bits per heavy atom. The number of carbonyl (C=O) groups excluding carboxylic acids is 1. The number of hydrogen-bond acceptors (Lipinski definition) is 6. The third-order valence-electron chi connectivity index (χ3n) is 6.32. The average Bonchev–Trinajstić information content (AvgIpc) is 2.85. The molecule has 0 spiro atoms. The van der Waals surface area contributed by atoms with Gasteiger partial charge in [-0.2, -0.15) is 5.26 Å². The van der Waals surface area contributed by atoms with Crippen molar-refractivity contribution in [3.8, 4) is 29.1 Å². The van der Waals surface area contributed by atoms with Crippen LogP contribution in [0.4, 0.5) is 0 Å². The molecule has 0 saturated heterocycles. The van der Waals surface area contributed by atoms with Crippen LogP contribution in [0.3, 0.4) is 0 Å². The van der Waals surface area contributed by atoms with Crippen molar-refractivity contribution in [2.45, 2.75) is 84.7 Å². The highest BCUT2D eigenvalue weighted by Crippen LogP contribution is 2.39. The molecule has 6 nitrogen and oxygen atoms in total. The molecule has 35 heavy (non-hydrogen) atoms. The number of hydrogen-bond donors (Lipinski definition) is 1. The molecule has 0 aromatic heterocycles. The second-order valence-corrected chi connectivity index (χ2v) is 9.05. The number of ether oxygens (including phenoxy) is 3. The SMILES string of the molecule is CCCc1c(OCCCOc2ccc3c(c2CCC)OC(CCC#N)CC3)ccc(C(C)=O)c1O. The maximum absolute atomic E-state index is 11.8. The van der Waals surface area contributed by atoms with E-state index in [2.05, 4.69) is 19.1 Å². The van der Waals surface area contributed by atoms with Crippen LogP contribution in [0.5, 0.6) is 23.0 Å². The van der Waals surface area contributed by atoms with Gasteiger partial charge in [0, 0.05) is 24.0 Å². The number of nitrogens with zero attached hydrogens (tertiary/aromatic N) is 1. The minimum atomic E-state index is -0.159. The van der Waals surface area contributed by atoms with Crippen molar-refractivity contribution in [3.05, 3.63) is 46.5 Å². The van der Waals surface area contributed by atoms with E-state index in [4.69, 9.17) is 19.5 Å². The zero-order valence-electron chi connectivity index (χ0n) is 21.2. The zero-order chi connectivity index (χ0) is 25.2. The number of phenols is 1. The Bertz CT molecular complexity index is 1060. The minimum Gasteiger partial charge on any atom is -0.507 e. The number of carbonyl (C=O) groups is 1. The van der Waals surface area contributed by atoms with E-state index in [1.54, 1.807) is 12.1 Å². The Hall–Kier alpha value is -3.20. The maximum atomic E-state index is 11.8. The van der Waals surface area contributed by atoms with Crippen LogP contribution in [0.15, 0.2) is 24.3 Å². The lowest BCUT2D eigenvalue weighted by atomic mass is 9.95. The fourth-order valence-electron chi connectivity index (χ4n) is 4.55. The molecule has 0 fully saturated rings. The molecule has 1 N–H and O–H groups in total. The summed E-state index contributed by atoms with van der Waals surface area (Å²) in [6.45, 7) is 6.56. The standard InChI is InChI=1S/C29H37NO5/c1-4-8-24-26(16-14-23(20(3)31)28(24)32)33-18-7-19-34-27-15-12-21-11-13-22(10-6-17-30)35-29(21)25(27)9-5-2/h12,14-16,22,32H,4-11,13,18-19H2,1-3H3. The number of phenolic OH excluding ortho intramolecular Hbond substituents is 1. The third kappa shape index (κ3) is 6.69. The van der Waals surface area contributed by atoms with Crippen LogP contribution in [-0.4, -0.2) is 30.2 Å². The van der Waals surface area contributed by atoms with E-state index in [9.17, 15) is 9.90 Å². The summed E-state index contributed by atoms with van der Waals surface area (Å²) >= 11 is 0. The predicted octanol–water partition coefficient (Wildman–Crippen LogP) is 6.35. The fourth-order valence-corrected chi connectivity index (χ4v) is 4.55. The number of nitriles is 1. The lowest BCUT2D eigenvalue weighted by molar-refractivity contribution is 0.101. The maximum Gasteiger partial charge on any atom is 0.163 e. The molecule has 1 unspecified atom stereocenters. The number of aryl methyl sites for hydroxylation is 1. The highest BCUT2D eigenvalue weighted by atomic mass is 16.5. The van der Waals surface area contributed by atoms with Gasteiger partial charge in [0.15, 0.2) is 5.78 Å². The first-order chi connectivity index (χ1) is 17.0. The monoisotopic (exact) mass is 479 g/mol. The number of Topliss-reactive ketones (excluding diaryl/α,β-unsaturated/α-hetero) is 1. The van der Waals surface area contributed by atoms with Crippen molar-refractivity contribution in [2.75, 3.05) is 13.2 Å². The summed E-state index contributed by atoms with van der Waals surface area (Å²) in [6.07, 6.45) is 7.29. The average molecular weight is 480 g/mol. The Labute approximate surface area is 208 Å². The van der Waals surface area contributed by atoms with Gasteiger partial charge in [-0.25, -0.2) is 0 Å². The van der Waals surface area contributed by atoms with Crippen molar-refractivity contribution in [2.24, 2.45) is 0 Å². The fraction of sp³-hybridized carbons (Fsp3) is 0.517. The van der Waals surface area contributed by atoms with E-state index >= 15 is 0 Å². The van der Waals surface area contributed by atoms with E-state index in [0.29, 0.717) is 49.4 Å². The van der Waals surface area contributed by atoms with Gasteiger partial charge in [0.05, 0.1) is 24.8 Å². The summed E-state index contributed by atoms with van der Waals surface area (Å²) in [7, 11) is 0. The molecule has 0 radical (unpaired) electrons. The molecule has 1 aliphatic heterocycles. The zero-order valence-corrected chi connectivity index (χ0v) is 21.2. The molecule has 0 saturated carbocycles. The predicted molar refractivity (Wildman–Crippen MR) is 136 cm³/mol. The molecule has 1 atom stereocenters. The summed E-state index contributed by atoms with van der Waals surface area (Å²) in [6, 6.07) is 9.75. The highest BCUT2D eigenvalue weighted by molar-refractivity contribution is 5.97. The van der Waals surface area contributed by atoms with E-state index in [0.717, 1.165) is 55.6 Å². The van der Waals surface area contributed by atoms with E-state index in [1.165, 1.54) is 12.5 Å². The van der Waals surface area contributed by atoms with Gasteiger partial charge in [-0.05, 0) is 62.8 Å². The van der Waals surface area contributed by atoms with Crippen LogP contribution >= 0.6 is 0 Å². The summed E-state index contributed by atoms with van der Waals surface area (Å²) in [5.41, 5.74) is 3.35. The molecule has 1 heterocycles. The van der Waals surface area contributed by atoms with Crippen molar-refractivity contribution < 1.29 is 24.1 Å². The van der Waals surface area contributed by atoms with Crippen LogP contribution in [0.25, 0.3) is 0 Å². The lowest BCUT2D eigenvalue weighted by Gasteiger charge is -2.28. The lowest BCUT2D eigenvalue weighted by Crippen LogP contribution is -2.23. The van der Waals surface area contributed by atoms with E-state index < -0.39 is 0 Å². The molecule has 188 valence electrons. The van der Waals surface area contributed by atoms with Crippen molar-refractivity contribution in [1.82, 2.24) is 0 Å². The molecule has 0 bridgehead atoms. The summed E-state index contributed by atoms with van der Waals surface area (Å²) in [4.78, 5) is 11.8.